The number of carbonyl (C=O) groups is 2. The fourth-order valence-electron chi connectivity index (χ4n) is 2.77. The number of carboxylic acids is 1. The van der Waals surface area contributed by atoms with Crippen LogP contribution in [0.3, 0.4) is 0 Å². The van der Waals surface area contributed by atoms with E-state index in [9.17, 15) is 22.8 Å². The van der Waals surface area contributed by atoms with E-state index in [-0.39, 0.29) is 19.0 Å². The molecule has 1 aliphatic heterocycles. The van der Waals surface area contributed by atoms with Gasteiger partial charge in [-0.1, -0.05) is 0 Å². The average Bonchev–Trinajstić information content (AvgIpc) is 2.73. The molecule has 1 N–H and O–H groups in total. The summed E-state index contributed by atoms with van der Waals surface area (Å²) in [6.07, 6.45) is -4.89. The van der Waals surface area contributed by atoms with Gasteiger partial charge in [0.2, 0.25) is 5.95 Å². The van der Waals surface area contributed by atoms with Crippen molar-refractivity contribution in [1.29, 1.82) is 0 Å². The summed E-state index contributed by atoms with van der Waals surface area (Å²) in [6.45, 7) is 7.71. The number of halogens is 3. The van der Waals surface area contributed by atoms with Gasteiger partial charge in [-0.2, -0.15) is 13.2 Å². The number of alkyl halides is 3. The summed E-state index contributed by atoms with van der Waals surface area (Å²) in [5, 5.41) is 9.10. The zero-order valence-corrected chi connectivity index (χ0v) is 16.1. The number of ether oxygens (including phenoxy) is 1. The lowest BCUT2D eigenvalue weighted by atomic mass is 10.2. The lowest BCUT2D eigenvalue weighted by molar-refractivity contribution is -0.141. The summed E-state index contributed by atoms with van der Waals surface area (Å²) >= 11 is 0. The molecule has 0 aliphatic carbocycles. The Labute approximate surface area is 160 Å². The van der Waals surface area contributed by atoms with Crippen LogP contribution < -0.4 is 4.90 Å². The average molecular weight is 404 g/mol. The zero-order valence-electron chi connectivity index (χ0n) is 16.1. The predicted molar refractivity (Wildman–Crippen MR) is 93.2 cm³/mol. The third kappa shape index (κ3) is 5.46. The summed E-state index contributed by atoms with van der Waals surface area (Å²) in [5.41, 5.74) is -2.74. The molecule has 1 aromatic heterocycles. The van der Waals surface area contributed by atoms with E-state index in [0.29, 0.717) is 19.0 Å². The van der Waals surface area contributed by atoms with Crippen molar-refractivity contribution >= 4 is 18.0 Å². The van der Waals surface area contributed by atoms with Gasteiger partial charge in [-0.3, -0.25) is 0 Å². The van der Waals surface area contributed by atoms with Crippen molar-refractivity contribution < 1.29 is 32.6 Å². The van der Waals surface area contributed by atoms with Crippen molar-refractivity contribution in [2.75, 3.05) is 24.5 Å². The van der Waals surface area contributed by atoms with Crippen molar-refractivity contribution in [2.24, 2.45) is 0 Å². The van der Waals surface area contributed by atoms with Crippen molar-refractivity contribution in [3.63, 3.8) is 0 Å². The third-order valence-corrected chi connectivity index (χ3v) is 3.98. The van der Waals surface area contributed by atoms with E-state index in [1.165, 1.54) is 9.80 Å². The Morgan fingerprint density at radius 2 is 1.86 bits per heavy atom. The standard InChI is InChI=1S/C17H23F3N4O4/c1-10-9-23(15(27)28-16(2,3)4)6-5-7-24(10)14-21-11(13(25)26)8-12(22-14)17(18,19)20/h8,10H,5-7,9H2,1-4H3,(H,25,26). The molecule has 1 atom stereocenters. The molecule has 0 radical (unpaired) electrons. The number of aromatic nitrogens is 2. The summed E-state index contributed by atoms with van der Waals surface area (Å²) in [7, 11) is 0. The van der Waals surface area contributed by atoms with Crippen LogP contribution >= 0.6 is 0 Å². The van der Waals surface area contributed by atoms with Gasteiger partial charge in [0.15, 0.2) is 11.4 Å². The molecule has 0 bridgehead atoms. The van der Waals surface area contributed by atoms with Crippen LogP contribution in [-0.2, 0) is 10.9 Å². The highest BCUT2D eigenvalue weighted by Gasteiger charge is 2.36. The van der Waals surface area contributed by atoms with Crippen LogP contribution in [0.1, 0.15) is 50.3 Å². The maximum absolute atomic E-state index is 13.1. The number of carbonyl (C=O) groups excluding carboxylic acids is 1. The van der Waals surface area contributed by atoms with E-state index in [4.69, 9.17) is 9.84 Å². The number of anilines is 1. The molecule has 28 heavy (non-hydrogen) atoms. The molecule has 1 fully saturated rings. The number of hydrogen-bond donors (Lipinski definition) is 1. The Bertz CT molecular complexity index is 749. The first kappa shape index (κ1) is 21.7. The fraction of sp³-hybridized carbons (Fsp3) is 0.647. The molecule has 8 nitrogen and oxygen atoms in total. The smallest absolute Gasteiger partial charge is 0.433 e. The first-order valence-electron chi connectivity index (χ1n) is 8.72. The molecule has 2 rings (SSSR count). The number of rotatable bonds is 2. The molecular formula is C17H23F3N4O4. The van der Waals surface area contributed by atoms with Gasteiger partial charge in [0, 0.05) is 31.7 Å². The van der Waals surface area contributed by atoms with E-state index >= 15 is 0 Å². The van der Waals surface area contributed by atoms with Gasteiger partial charge in [-0.05, 0) is 34.1 Å². The summed E-state index contributed by atoms with van der Waals surface area (Å²) in [5.74, 6) is -1.90. The first-order chi connectivity index (χ1) is 12.8. The van der Waals surface area contributed by atoms with Crippen molar-refractivity contribution in [2.45, 2.75) is 51.9 Å². The number of hydrogen-bond acceptors (Lipinski definition) is 6. The topological polar surface area (TPSA) is 95.9 Å². The predicted octanol–water partition coefficient (Wildman–Crippen LogP) is 3.03. The molecule has 156 valence electrons. The number of amides is 1. The van der Waals surface area contributed by atoms with Crippen LogP contribution in [0.2, 0.25) is 0 Å². The summed E-state index contributed by atoms with van der Waals surface area (Å²) in [4.78, 5) is 33.8. The van der Waals surface area contributed by atoms with Crippen LogP contribution in [0.4, 0.5) is 23.9 Å². The Balaban J connectivity index is 2.30. The minimum atomic E-state index is -4.81. The minimum Gasteiger partial charge on any atom is -0.477 e. The van der Waals surface area contributed by atoms with E-state index in [1.54, 1.807) is 27.7 Å². The molecule has 1 aromatic rings. The Morgan fingerprint density at radius 1 is 1.21 bits per heavy atom. The highest BCUT2D eigenvalue weighted by Crippen LogP contribution is 2.30. The second kappa shape index (κ2) is 7.80. The molecule has 1 saturated heterocycles. The van der Waals surface area contributed by atoms with Crippen LogP contribution in [0.15, 0.2) is 6.07 Å². The van der Waals surface area contributed by atoms with Crippen LogP contribution in [0.5, 0.6) is 0 Å². The molecule has 11 heteroatoms. The minimum absolute atomic E-state index is 0.178. The molecular weight excluding hydrogens is 381 g/mol. The van der Waals surface area contributed by atoms with Gasteiger partial charge >= 0.3 is 18.2 Å². The summed E-state index contributed by atoms with van der Waals surface area (Å²) < 4.78 is 44.7. The van der Waals surface area contributed by atoms with Gasteiger partial charge in [-0.25, -0.2) is 19.6 Å². The van der Waals surface area contributed by atoms with Gasteiger partial charge in [0.25, 0.3) is 0 Å². The van der Waals surface area contributed by atoms with Gasteiger partial charge in [0.1, 0.15) is 5.60 Å². The zero-order chi connectivity index (χ0) is 21.3. The van der Waals surface area contributed by atoms with Gasteiger partial charge in [-0.15, -0.1) is 0 Å². The lowest BCUT2D eigenvalue weighted by Crippen LogP contribution is -2.43. The maximum atomic E-state index is 13.1. The van der Waals surface area contributed by atoms with E-state index in [2.05, 4.69) is 9.97 Å². The number of aromatic carboxylic acids is 1. The first-order valence-corrected chi connectivity index (χ1v) is 8.72. The highest BCUT2D eigenvalue weighted by molar-refractivity contribution is 5.85. The monoisotopic (exact) mass is 404 g/mol. The van der Waals surface area contributed by atoms with Gasteiger partial charge < -0.3 is 19.6 Å². The van der Waals surface area contributed by atoms with E-state index in [0.717, 1.165) is 0 Å². The molecule has 0 spiro atoms. The Morgan fingerprint density at radius 3 is 2.39 bits per heavy atom. The third-order valence-electron chi connectivity index (χ3n) is 3.98. The fourth-order valence-corrected chi connectivity index (χ4v) is 2.77. The SMILES string of the molecule is CC1CN(C(=O)OC(C)(C)C)CCCN1c1nc(C(=O)O)cc(C(F)(F)F)n1. The summed E-state index contributed by atoms with van der Waals surface area (Å²) in [6, 6.07) is -0.0402. The number of nitrogens with zero attached hydrogens (tertiary/aromatic N) is 4. The lowest BCUT2D eigenvalue weighted by Gasteiger charge is -2.30. The second-order valence-corrected chi connectivity index (χ2v) is 7.56. The normalized spacial score (nSPS) is 18.6. The van der Waals surface area contributed by atoms with Crippen LogP contribution in [0, 0.1) is 0 Å². The van der Waals surface area contributed by atoms with Crippen molar-refractivity contribution in [3.05, 3.63) is 17.5 Å². The van der Waals surface area contributed by atoms with Gasteiger partial charge in [0.05, 0.1) is 0 Å². The van der Waals surface area contributed by atoms with E-state index in [1.807, 2.05) is 0 Å². The molecule has 0 aromatic carbocycles. The number of carboxylic acid groups (broad SMARTS) is 1. The van der Waals surface area contributed by atoms with Crippen LogP contribution in [0.25, 0.3) is 0 Å². The van der Waals surface area contributed by atoms with Crippen molar-refractivity contribution in [3.8, 4) is 0 Å². The van der Waals surface area contributed by atoms with E-state index < -0.39 is 41.3 Å². The quantitative estimate of drug-likeness (QED) is 0.809. The highest BCUT2D eigenvalue weighted by atomic mass is 19.4. The molecule has 1 aliphatic rings. The molecule has 1 amide bonds. The molecule has 0 saturated carbocycles. The van der Waals surface area contributed by atoms with Crippen LogP contribution in [-0.4, -0.2) is 63.3 Å². The largest absolute Gasteiger partial charge is 0.477 e. The molecule has 1 unspecified atom stereocenters. The maximum Gasteiger partial charge on any atom is 0.433 e. The Hall–Kier alpha value is -2.59. The molecule has 2 heterocycles. The Kier molecular flexibility index (Phi) is 6.05. The second-order valence-electron chi connectivity index (χ2n) is 7.56. The van der Waals surface area contributed by atoms with Crippen molar-refractivity contribution in [1.82, 2.24) is 14.9 Å².